The molecule has 0 aliphatic heterocycles. The van der Waals surface area contributed by atoms with E-state index in [9.17, 15) is 9.59 Å². The van der Waals surface area contributed by atoms with E-state index in [1.807, 2.05) is 52.8 Å². The van der Waals surface area contributed by atoms with Crippen LogP contribution in [0.15, 0.2) is 28.7 Å². The van der Waals surface area contributed by atoms with Crippen molar-refractivity contribution in [3.63, 3.8) is 0 Å². The zero-order valence-corrected chi connectivity index (χ0v) is 16.1. The van der Waals surface area contributed by atoms with Crippen molar-refractivity contribution in [1.29, 1.82) is 0 Å². The largest absolute Gasteiger partial charge is 0.444 e. The molecule has 0 saturated heterocycles. The first-order valence-electron chi connectivity index (χ1n) is 8.85. The van der Waals surface area contributed by atoms with Gasteiger partial charge in [0.15, 0.2) is 0 Å². The van der Waals surface area contributed by atoms with Gasteiger partial charge in [-0.25, -0.2) is 4.98 Å². The van der Waals surface area contributed by atoms with E-state index >= 15 is 0 Å². The van der Waals surface area contributed by atoms with E-state index in [1.54, 1.807) is 6.07 Å². The van der Waals surface area contributed by atoms with Crippen LogP contribution in [0.25, 0.3) is 0 Å². The zero-order valence-electron chi connectivity index (χ0n) is 16.1. The highest BCUT2D eigenvalue weighted by atomic mass is 16.4. The standard InChI is InChI=1S/C20H27N3O3/c1-12(2)10-17(23-19(24)16-9-7-6-8-13(16)3)20(25)21-11-18-22-14(4)15(5)26-18/h6-9,12,17H,10-11H2,1-5H3,(H,21,25)(H,23,24). The van der Waals surface area contributed by atoms with Crippen LogP contribution in [0.4, 0.5) is 0 Å². The molecule has 0 saturated carbocycles. The molecule has 0 bridgehead atoms. The van der Waals surface area contributed by atoms with Crippen LogP contribution in [0.2, 0.25) is 0 Å². The summed E-state index contributed by atoms with van der Waals surface area (Å²) >= 11 is 0. The van der Waals surface area contributed by atoms with Crippen LogP contribution in [0.1, 0.15) is 53.5 Å². The zero-order chi connectivity index (χ0) is 19.3. The molecule has 2 amide bonds. The molecule has 1 aromatic heterocycles. The van der Waals surface area contributed by atoms with Gasteiger partial charge in [-0.05, 0) is 44.7 Å². The number of aromatic nitrogens is 1. The van der Waals surface area contributed by atoms with E-state index in [0.717, 1.165) is 17.0 Å². The quantitative estimate of drug-likeness (QED) is 0.798. The number of hydrogen-bond donors (Lipinski definition) is 2. The predicted octanol–water partition coefficient (Wildman–Crippen LogP) is 3.06. The van der Waals surface area contributed by atoms with Crippen LogP contribution in [0.5, 0.6) is 0 Å². The van der Waals surface area contributed by atoms with Crippen LogP contribution in [-0.2, 0) is 11.3 Å². The number of nitrogens with zero attached hydrogens (tertiary/aromatic N) is 1. The van der Waals surface area contributed by atoms with Gasteiger partial charge in [0.2, 0.25) is 11.8 Å². The van der Waals surface area contributed by atoms with E-state index in [2.05, 4.69) is 15.6 Å². The van der Waals surface area contributed by atoms with Crippen LogP contribution in [0, 0.1) is 26.7 Å². The summed E-state index contributed by atoms with van der Waals surface area (Å²) in [6.45, 7) is 9.79. The molecule has 0 fully saturated rings. The fourth-order valence-electron chi connectivity index (χ4n) is 2.67. The first-order valence-corrected chi connectivity index (χ1v) is 8.85. The third-order valence-electron chi connectivity index (χ3n) is 4.21. The number of carbonyl (C=O) groups is 2. The van der Waals surface area contributed by atoms with Crippen LogP contribution in [-0.4, -0.2) is 22.8 Å². The lowest BCUT2D eigenvalue weighted by molar-refractivity contribution is -0.123. The maximum absolute atomic E-state index is 12.6. The Hall–Kier alpha value is -2.63. The molecule has 0 spiro atoms. The van der Waals surface area contributed by atoms with E-state index in [-0.39, 0.29) is 24.3 Å². The Labute approximate surface area is 154 Å². The van der Waals surface area contributed by atoms with Gasteiger partial charge in [0.05, 0.1) is 12.2 Å². The molecule has 140 valence electrons. The third-order valence-corrected chi connectivity index (χ3v) is 4.21. The van der Waals surface area contributed by atoms with Crippen molar-refractivity contribution in [2.75, 3.05) is 0 Å². The normalized spacial score (nSPS) is 12.1. The number of carbonyl (C=O) groups excluding carboxylic acids is 2. The molecule has 6 heteroatoms. The van der Waals surface area contributed by atoms with E-state index in [1.165, 1.54) is 0 Å². The molecule has 0 aliphatic carbocycles. The van der Waals surface area contributed by atoms with E-state index in [0.29, 0.717) is 17.9 Å². The Morgan fingerprint density at radius 2 is 1.85 bits per heavy atom. The molecule has 1 unspecified atom stereocenters. The van der Waals surface area contributed by atoms with Gasteiger partial charge in [0.1, 0.15) is 11.8 Å². The average Bonchev–Trinajstić information content (AvgIpc) is 2.90. The molecule has 0 aliphatic rings. The lowest BCUT2D eigenvalue weighted by Crippen LogP contribution is -2.47. The number of amides is 2. The highest BCUT2D eigenvalue weighted by Crippen LogP contribution is 2.11. The van der Waals surface area contributed by atoms with Gasteiger partial charge in [0.25, 0.3) is 5.91 Å². The van der Waals surface area contributed by atoms with Crippen molar-refractivity contribution in [3.8, 4) is 0 Å². The van der Waals surface area contributed by atoms with Crippen molar-refractivity contribution in [3.05, 3.63) is 52.7 Å². The van der Waals surface area contributed by atoms with Gasteiger partial charge in [-0.15, -0.1) is 0 Å². The Balaban J connectivity index is 2.04. The third kappa shape index (κ3) is 5.18. The van der Waals surface area contributed by atoms with Gasteiger partial charge in [0, 0.05) is 5.56 Å². The summed E-state index contributed by atoms with van der Waals surface area (Å²) in [6.07, 6.45) is 0.549. The number of rotatable bonds is 7. The lowest BCUT2D eigenvalue weighted by atomic mass is 10.0. The summed E-state index contributed by atoms with van der Waals surface area (Å²) in [5.41, 5.74) is 2.26. The minimum absolute atomic E-state index is 0.197. The number of nitrogens with one attached hydrogen (secondary N) is 2. The molecular weight excluding hydrogens is 330 g/mol. The fraction of sp³-hybridized carbons (Fsp3) is 0.450. The maximum atomic E-state index is 12.6. The Bertz CT molecular complexity index is 761. The summed E-state index contributed by atoms with van der Waals surface area (Å²) in [5, 5.41) is 5.66. The second-order valence-electron chi connectivity index (χ2n) is 6.94. The molecule has 1 aromatic carbocycles. The van der Waals surface area contributed by atoms with Gasteiger partial charge in [-0.2, -0.15) is 0 Å². The molecular formula is C20H27N3O3. The van der Waals surface area contributed by atoms with Gasteiger partial charge in [-0.1, -0.05) is 32.0 Å². The van der Waals surface area contributed by atoms with Crippen molar-refractivity contribution < 1.29 is 14.0 Å². The van der Waals surface area contributed by atoms with Crippen molar-refractivity contribution >= 4 is 11.8 Å². The van der Waals surface area contributed by atoms with Gasteiger partial charge in [-0.3, -0.25) is 9.59 Å². The smallest absolute Gasteiger partial charge is 0.252 e. The van der Waals surface area contributed by atoms with E-state index < -0.39 is 6.04 Å². The molecule has 2 rings (SSSR count). The Morgan fingerprint density at radius 3 is 2.42 bits per heavy atom. The summed E-state index contributed by atoms with van der Waals surface area (Å²) in [7, 11) is 0. The van der Waals surface area contributed by atoms with Crippen LogP contribution < -0.4 is 10.6 Å². The molecule has 1 atom stereocenters. The van der Waals surface area contributed by atoms with Crippen LogP contribution >= 0.6 is 0 Å². The number of aryl methyl sites for hydroxylation is 3. The lowest BCUT2D eigenvalue weighted by Gasteiger charge is -2.20. The number of oxazole rings is 1. The number of hydrogen-bond acceptors (Lipinski definition) is 4. The molecule has 2 N–H and O–H groups in total. The molecule has 6 nitrogen and oxygen atoms in total. The second kappa shape index (κ2) is 8.65. The predicted molar refractivity (Wildman–Crippen MR) is 99.7 cm³/mol. The molecule has 1 heterocycles. The van der Waals surface area contributed by atoms with Gasteiger partial charge < -0.3 is 15.1 Å². The average molecular weight is 357 g/mol. The SMILES string of the molecule is Cc1ccccc1C(=O)NC(CC(C)C)C(=O)NCc1nc(C)c(C)o1. The van der Waals surface area contributed by atoms with E-state index in [4.69, 9.17) is 4.42 Å². The monoisotopic (exact) mass is 357 g/mol. The highest BCUT2D eigenvalue weighted by molar-refractivity contribution is 5.98. The minimum Gasteiger partial charge on any atom is -0.444 e. The maximum Gasteiger partial charge on any atom is 0.252 e. The molecule has 2 aromatic rings. The topological polar surface area (TPSA) is 84.2 Å². The molecule has 0 radical (unpaired) electrons. The number of benzene rings is 1. The summed E-state index contributed by atoms with van der Waals surface area (Å²) in [6, 6.07) is 6.71. The van der Waals surface area contributed by atoms with Crippen LogP contribution in [0.3, 0.4) is 0 Å². The van der Waals surface area contributed by atoms with Gasteiger partial charge >= 0.3 is 0 Å². The van der Waals surface area contributed by atoms with Crippen molar-refractivity contribution in [2.45, 2.75) is 53.6 Å². The first-order chi connectivity index (χ1) is 12.3. The summed E-state index contributed by atoms with van der Waals surface area (Å²) in [4.78, 5) is 29.4. The Kier molecular flexibility index (Phi) is 6.55. The first kappa shape index (κ1) is 19.7. The highest BCUT2D eigenvalue weighted by Gasteiger charge is 2.23. The second-order valence-corrected chi connectivity index (χ2v) is 6.94. The van der Waals surface area contributed by atoms with Crippen molar-refractivity contribution in [1.82, 2.24) is 15.6 Å². The molecule has 26 heavy (non-hydrogen) atoms. The Morgan fingerprint density at radius 1 is 1.15 bits per heavy atom. The summed E-state index contributed by atoms with van der Waals surface area (Å²) < 4.78 is 5.48. The van der Waals surface area contributed by atoms with Crippen molar-refractivity contribution in [2.24, 2.45) is 5.92 Å². The minimum atomic E-state index is -0.612. The fourth-order valence-corrected chi connectivity index (χ4v) is 2.67. The summed E-state index contributed by atoms with van der Waals surface area (Å²) in [5.74, 6) is 0.970.